The van der Waals surface area contributed by atoms with Crippen molar-refractivity contribution >= 4 is 53.6 Å². The van der Waals surface area contributed by atoms with Gasteiger partial charge in [-0.2, -0.15) is 0 Å². The molecule has 0 aromatic heterocycles. The predicted octanol–water partition coefficient (Wildman–Crippen LogP) is 0.797. The van der Waals surface area contributed by atoms with Gasteiger partial charge in [0.1, 0.15) is 6.04 Å². The van der Waals surface area contributed by atoms with E-state index in [9.17, 15) is 33.6 Å². The number of rotatable bonds is 13. The first-order valence-corrected chi connectivity index (χ1v) is 14.8. The maximum absolute atomic E-state index is 12.4. The first-order chi connectivity index (χ1) is 21.9. The summed E-state index contributed by atoms with van der Waals surface area (Å²) in [7, 11) is 0. The first-order valence-electron chi connectivity index (χ1n) is 14.8. The topological polar surface area (TPSA) is 260 Å². The van der Waals surface area contributed by atoms with Crippen molar-refractivity contribution < 1.29 is 43.5 Å². The molecule has 1 heterocycles. The van der Waals surface area contributed by atoms with Crippen LogP contribution in [-0.4, -0.2) is 83.6 Å². The van der Waals surface area contributed by atoms with Crippen LogP contribution in [0.25, 0.3) is 0 Å². The van der Waals surface area contributed by atoms with Crippen LogP contribution in [0.3, 0.4) is 0 Å². The molecule has 1 unspecified atom stereocenters. The van der Waals surface area contributed by atoms with Crippen molar-refractivity contribution in [2.24, 2.45) is 11.5 Å². The summed E-state index contributed by atoms with van der Waals surface area (Å²) in [6, 6.07) is 5.46. The van der Waals surface area contributed by atoms with E-state index in [0.717, 1.165) is 35.5 Å². The largest absolute Gasteiger partial charge is 0.483 e. The van der Waals surface area contributed by atoms with Crippen LogP contribution in [0.1, 0.15) is 66.4 Å². The number of carbonyl (C=O) groups excluding carboxylic acids is 7. The smallest absolute Gasteiger partial charge is 0.312 e. The molecule has 46 heavy (non-hydrogen) atoms. The van der Waals surface area contributed by atoms with E-state index >= 15 is 0 Å². The van der Waals surface area contributed by atoms with Gasteiger partial charge in [0.05, 0.1) is 13.0 Å². The Morgan fingerprint density at radius 1 is 0.891 bits per heavy atom. The number of nitrogens with two attached hydrogens (primary N) is 2. The lowest BCUT2D eigenvalue weighted by Crippen LogP contribution is -2.50. The van der Waals surface area contributed by atoms with Crippen molar-refractivity contribution in [3.63, 3.8) is 0 Å². The molecule has 0 fully saturated rings. The molecule has 1 aromatic rings. The van der Waals surface area contributed by atoms with Gasteiger partial charge in [-0.05, 0) is 30.5 Å². The van der Waals surface area contributed by atoms with Crippen LogP contribution in [0.2, 0.25) is 0 Å². The van der Waals surface area contributed by atoms with Gasteiger partial charge in [-0.1, -0.05) is 53.7 Å². The Bertz CT molecular complexity index is 1120. The molecule has 8 amide bonds. The number of nitrogens with one attached hydrogen (secondary N) is 4. The van der Waals surface area contributed by atoms with Crippen molar-refractivity contribution in [1.29, 1.82) is 0 Å². The Morgan fingerprint density at radius 3 is 1.83 bits per heavy atom. The molecule has 0 saturated carbocycles. The number of carboxylic acid groups (broad SMARTS) is 1. The SMILES string of the molecule is CC.CC.CCCNC(N)=O.CCc1ccc(NC(=O)CNC(=O)C(CC(N)=O)NC(=O)CCN2C(=O)C=CC2=O)cc1.O=CO. The van der Waals surface area contributed by atoms with E-state index in [1.807, 2.05) is 53.7 Å². The molecule has 0 bridgehead atoms. The first kappa shape index (κ1) is 45.2. The second-order valence-electron chi connectivity index (χ2n) is 8.41. The van der Waals surface area contributed by atoms with Crippen LogP contribution in [0.5, 0.6) is 0 Å². The van der Waals surface area contributed by atoms with Gasteiger partial charge in [-0.15, -0.1) is 0 Å². The molecule has 16 heteroatoms. The molecule has 1 aliphatic heterocycles. The molecule has 0 saturated heterocycles. The summed E-state index contributed by atoms with van der Waals surface area (Å²) in [5.41, 5.74) is 11.5. The molecule has 0 radical (unpaired) electrons. The van der Waals surface area contributed by atoms with Gasteiger partial charge in [0.15, 0.2) is 0 Å². The number of primary amides is 2. The summed E-state index contributed by atoms with van der Waals surface area (Å²) in [5, 5.41) is 16.6. The fraction of sp³-hybridized carbons (Fsp3) is 0.467. The number of amides is 8. The Labute approximate surface area is 269 Å². The standard InChI is InChI=1S/C21H25N5O6.C4H10N2O.2C2H6.CH2O2/c1-2-13-3-5-14(6-4-13)24-18(29)12-23-21(32)15(11-16(22)27)25-17(28)9-10-26-19(30)7-8-20(26)31;1-2-3-6-4(5)7;2*1-2;2-1-3/h3-8,15H,2,9-12H2,1H3,(H2,22,27)(H,23,32)(H,24,29)(H,25,28);2-3H2,1H3,(H3,5,6,7);2*1-2H3;1H,(H,2,3). The molecule has 1 atom stereocenters. The van der Waals surface area contributed by atoms with E-state index in [-0.39, 0.29) is 26.0 Å². The number of carbonyl (C=O) groups is 8. The quantitative estimate of drug-likeness (QED) is 0.117. The Hall–Kier alpha value is -5.28. The predicted molar refractivity (Wildman–Crippen MR) is 173 cm³/mol. The van der Waals surface area contributed by atoms with Gasteiger partial charge in [-0.25, -0.2) is 4.79 Å². The average Bonchev–Trinajstić information content (AvgIpc) is 3.36. The third kappa shape index (κ3) is 22.3. The number of imide groups is 1. The summed E-state index contributed by atoms with van der Waals surface area (Å²) in [4.78, 5) is 90.0. The van der Waals surface area contributed by atoms with Gasteiger partial charge >= 0.3 is 6.03 Å². The summed E-state index contributed by atoms with van der Waals surface area (Å²) < 4.78 is 0. The lowest BCUT2D eigenvalue weighted by atomic mass is 10.1. The van der Waals surface area contributed by atoms with Crippen LogP contribution in [-0.2, 0) is 40.0 Å². The van der Waals surface area contributed by atoms with Gasteiger partial charge in [-0.3, -0.25) is 38.5 Å². The highest BCUT2D eigenvalue weighted by atomic mass is 16.3. The zero-order valence-electron chi connectivity index (χ0n) is 27.4. The maximum Gasteiger partial charge on any atom is 0.312 e. The van der Waals surface area contributed by atoms with Gasteiger partial charge in [0, 0.05) is 37.3 Å². The Balaban J connectivity index is -0.00000112. The highest BCUT2D eigenvalue weighted by molar-refractivity contribution is 6.13. The Kier molecular flexibility index (Phi) is 28.0. The van der Waals surface area contributed by atoms with Crippen molar-refractivity contribution in [1.82, 2.24) is 20.9 Å². The second kappa shape index (κ2) is 28.5. The van der Waals surface area contributed by atoms with E-state index in [1.165, 1.54) is 0 Å². The molecule has 9 N–H and O–H groups in total. The van der Waals surface area contributed by atoms with Crippen LogP contribution in [0, 0.1) is 0 Å². The second-order valence-corrected chi connectivity index (χ2v) is 8.41. The zero-order valence-corrected chi connectivity index (χ0v) is 27.4. The zero-order chi connectivity index (χ0) is 36.1. The average molecular weight is 652 g/mol. The van der Waals surface area contributed by atoms with Crippen molar-refractivity contribution in [3.8, 4) is 0 Å². The van der Waals surface area contributed by atoms with Gasteiger partial charge in [0.2, 0.25) is 23.6 Å². The third-order valence-corrected chi connectivity index (χ3v) is 5.14. The number of urea groups is 1. The molecule has 1 aromatic carbocycles. The fourth-order valence-electron chi connectivity index (χ4n) is 3.11. The molecule has 16 nitrogen and oxygen atoms in total. The van der Waals surface area contributed by atoms with Crippen LogP contribution in [0.4, 0.5) is 10.5 Å². The van der Waals surface area contributed by atoms with Gasteiger partial charge in [0.25, 0.3) is 18.3 Å². The van der Waals surface area contributed by atoms with Crippen molar-refractivity contribution in [2.45, 2.75) is 73.3 Å². The van der Waals surface area contributed by atoms with E-state index in [4.69, 9.17) is 21.4 Å². The highest BCUT2D eigenvalue weighted by Gasteiger charge is 2.26. The molecule has 1 aliphatic rings. The van der Waals surface area contributed by atoms with Crippen molar-refractivity contribution in [2.75, 3.05) is 25.0 Å². The van der Waals surface area contributed by atoms with Gasteiger partial charge < -0.3 is 37.8 Å². The van der Waals surface area contributed by atoms with E-state index in [2.05, 4.69) is 21.3 Å². The number of benzene rings is 1. The summed E-state index contributed by atoms with van der Waals surface area (Å²) >= 11 is 0. The molecule has 0 spiro atoms. The lowest BCUT2D eigenvalue weighted by molar-refractivity contribution is -0.137. The highest BCUT2D eigenvalue weighted by Crippen LogP contribution is 2.09. The number of hydrogen-bond acceptors (Lipinski definition) is 8. The van der Waals surface area contributed by atoms with E-state index in [0.29, 0.717) is 12.2 Å². The number of anilines is 1. The van der Waals surface area contributed by atoms with Crippen LogP contribution < -0.4 is 32.7 Å². The molecular formula is C30H49N7O9. The minimum atomic E-state index is -1.31. The van der Waals surface area contributed by atoms with Crippen LogP contribution in [0.15, 0.2) is 36.4 Å². The third-order valence-electron chi connectivity index (χ3n) is 5.14. The summed E-state index contributed by atoms with van der Waals surface area (Å²) in [6.07, 6.45) is 3.22. The number of aryl methyl sites for hydroxylation is 1. The van der Waals surface area contributed by atoms with Crippen LogP contribution >= 0.6 is 0 Å². The van der Waals surface area contributed by atoms with E-state index < -0.39 is 53.9 Å². The Morgan fingerprint density at radius 2 is 1.41 bits per heavy atom. The normalized spacial score (nSPS) is 11.2. The molecule has 0 aliphatic carbocycles. The summed E-state index contributed by atoms with van der Waals surface area (Å²) in [6.45, 7) is 11.8. The monoisotopic (exact) mass is 651 g/mol. The lowest BCUT2D eigenvalue weighted by Gasteiger charge is -2.18. The summed E-state index contributed by atoms with van der Waals surface area (Å²) in [5.74, 6) is -3.84. The minimum Gasteiger partial charge on any atom is -0.483 e. The fourth-order valence-corrected chi connectivity index (χ4v) is 3.11. The number of hydrogen-bond donors (Lipinski definition) is 7. The minimum absolute atomic E-state index is 0.180. The number of nitrogens with zero attached hydrogens (tertiary/aromatic N) is 1. The maximum atomic E-state index is 12.4. The molecular weight excluding hydrogens is 602 g/mol. The van der Waals surface area contributed by atoms with Crippen molar-refractivity contribution in [3.05, 3.63) is 42.0 Å². The van der Waals surface area contributed by atoms with E-state index in [1.54, 1.807) is 12.1 Å². The molecule has 2 rings (SSSR count). The molecule has 258 valence electrons.